The Balaban J connectivity index is 1.35. The minimum atomic E-state index is 0.293. The van der Waals surface area contributed by atoms with Crippen LogP contribution in [0.4, 0.5) is 0 Å². The molecule has 4 rings (SSSR count). The van der Waals surface area contributed by atoms with Crippen LogP contribution in [0.5, 0.6) is 11.5 Å². The van der Waals surface area contributed by atoms with Crippen molar-refractivity contribution in [2.45, 2.75) is 38.3 Å². The zero-order chi connectivity index (χ0) is 16.4. The molecule has 1 fully saturated rings. The zero-order valence-corrected chi connectivity index (χ0v) is 14.1. The molecule has 1 aromatic heterocycles. The van der Waals surface area contributed by atoms with Crippen LogP contribution in [0.25, 0.3) is 0 Å². The Bertz CT molecular complexity index is 681. The average molecular weight is 324 g/mol. The Morgan fingerprint density at radius 3 is 2.92 bits per heavy atom. The molecule has 2 aliphatic heterocycles. The maximum absolute atomic E-state index is 6.04. The summed E-state index contributed by atoms with van der Waals surface area (Å²) < 4.78 is 11.8. The second-order valence-electron chi connectivity index (χ2n) is 6.68. The Hall–Kier alpha value is -2.07. The highest BCUT2D eigenvalue weighted by molar-refractivity contribution is 5.41. The highest BCUT2D eigenvalue weighted by Gasteiger charge is 2.25. The molecule has 4 heteroatoms. The first-order valence-corrected chi connectivity index (χ1v) is 8.86. The molecule has 1 saturated heterocycles. The van der Waals surface area contributed by atoms with E-state index in [0.717, 1.165) is 50.5 Å². The molecule has 2 aliphatic rings. The van der Waals surface area contributed by atoms with Gasteiger partial charge in [-0.05, 0) is 49.1 Å². The minimum Gasteiger partial charge on any atom is -0.493 e. The van der Waals surface area contributed by atoms with Crippen molar-refractivity contribution in [1.82, 2.24) is 9.88 Å². The zero-order valence-electron chi connectivity index (χ0n) is 14.1. The molecular formula is C20H24N2O2. The molecule has 3 heterocycles. The van der Waals surface area contributed by atoms with Gasteiger partial charge in [-0.15, -0.1) is 0 Å². The van der Waals surface area contributed by atoms with Crippen molar-refractivity contribution in [2.75, 3.05) is 19.7 Å². The summed E-state index contributed by atoms with van der Waals surface area (Å²) in [6.07, 6.45) is 7.01. The fraction of sp³-hybridized carbons (Fsp3) is 0.450. The van der Waals surface area contributed by atoms with Crippen molar-refractivity contribution >= 4 is 0 Å². The number of fused-ring (bicyclic) bond motifs is 1. The Morgan fingerprint density at radius 2 is 2.12 bits per heavy atom. The van der Waals surface area contributed by atoms with E-state index in [1.54, 1.807) is 12.4 Å². The molecule has 1 aromatic carbocycles. The van der Waals surface area contributed by atoms with Crippen LogP contribution in [0.15, 0.2) is 42.7 Å². The third-order valence-corrected chi connectivity index (χ3v) is 5.16. The normalized spacial score (nSPS) is 19.5. The van der Waals surface area contributed by atoms with E-state index in [-0.39, 0.29) is 0 Å². The molecule has 0 unspecified atom stereocenters. The van der Waals surface area contributed by atoms with Gasteiger partial charge in [0.05, 0.1) is 12.8 Å². The van der Waals surface area contributed by atoms with Crippen molar-refractivity contribution in [3.05, 3.63) is 53.9 Å². The fourth-order valence-corrected chi connectivity index (χ4v) is 3.64. The number of aromatic nitrogens is 1. The summed E-state index contributed by atoms with van der Waals surface area (Å²) in [7, 11) is 0. The first-order chi connectivity index (χ1) is 11.8. The fourth-order valence-electron chi connectivity index (χ4n) is 3.64. The van der Waals surface area contributed by atoms with Crippen molar-refractivity contribution in [3.8, 4) is 11.5 Å². The van der Waals surface area contributed by atoms with E-state index in [1.165, 1.54) is 11.1 Å². The van der Waals surface area contributed by atoms with Crippen molar-refractivity contribution in [3.63, 3.8) is 0 Å². The van der Waals surface area contributed by atoms with Crippen molar-refractivity contribution in [1.29, 1.82) is 0 Å². The largest absolute Gasteiger partial charge is 0.493 e. The van der Waals surface area contributed by atoms with Gasteiger partial charge in [0.1, 0.15) is 17.6 Å². The highest BCUT2D eigenvalue weighted by Crippen LogP contribution is 2.32. The summed E-state index contributed by atoms with van der Waals surface area (Å²) in [6.45, 7) is 5.23. The third kappa shape index (κ3) is 3.24. The maximum Gasteiger partial charge on any atom is 0.137 e. The number of hydrogen-bond acceptors (Lipinski definition) is 4. The van der Waals surface area contributed by atoms with Crippen LogP contribution in [0, 0.1) is 0 Å². The van der Waals surface area contributed by atoms with Crippen LogP contribution in [0.1, 0.15) is 36.9 Å². The van der Waals surface area contributed by atoms with Gasteiger partial charge in [0.2, 0.25) is 0 Å². The van der Waals surface area contributed by atoms with Gasteiger partial charge < -0.3 is 9.47 Å². The quantitative estimate of drug-likeness (QED) is 0.860. The van der Waals surface area contributed by atoms with Crippen LogP contribution >= 0.6 is 0 Å². The predicted octanol–water partition coefficient (Wildman–Crippen LogP) is 3.62. The molecule has 1 atom stereocenters. The van der Waals surface area contributed by atoms with E-state index >= 15 is 0 Å². The van der Waals surface area contributed by atoms with Gasteiger partial charge in [0, 0.05) is 31.7 Å². The number of pyridine rings is 1. The number of ether oxygens (including phenoxy) is 2. The first kappa shape index (κ1) is 15.5. The maximum atomic E-state index is 6.04. The molecule has 0 radical (unpaired) electrons. The lowest BCUT2D eigenvalue weighted by Crippen LogP contribution is -2.39. The van der Waals surface area contributed by atoms with Gasteiger partial charge in [0.25, 0.3) is 0 Å². The summed E-state index contributed by atoms with van der Waals surface area (Å²) >= 11 is 0. The van der Waals surface area contributed by atoms with Gasteiger partial charge >= 0.3 is 0 Å². The van der Waals surface area contributed by atoms with Gasteiger partial charge in [-0.25, -0.2) is 0 Å². The van der Waals surface area contributed by atoms with Crippen molar-refractivity contribution in [2.24, 2.45) is 0 Å². The third-order valence-electron chi connectivity index (χ3n) is 5.16. The van der Waals surface area contributed by atoms with E-state index in [9.17, 15) is 0 Å². The number of piperidine rings is 1. The topological polar surface area (TPSA) is 34.6 Å². The molecule has 0 N–H and O–H groups in total. The molecule has 0 amide bonds. The summed E-state index contributed by atoms with van der Waals surface area (Å²) in [5.74, 6) is 1.95. The first-order valence-electron chi connectivity index (χ1n) is 8.86. The molecule has 0 bridgehead atoms. The van der Waals surface area contributed by atoms with Gasteiger partial charge in [0.15, 0.2) is 0 Å². The molecule has 0 aliphatic carbocycles. The second-order valence-corrected chi connectivity index (χ2v) is 6.68. The molecule has 24 heavy (non-hydrogen) atoms. The van der Waals surface area contributed by atoms with Crippen LogP contribution in [-0.4, -0.2) is 35.7 Å². The summed E-state index contributed by atoms with van der Waals surface area (Å²) in [6, 6.07) is 11.0. The van der Waals surface area contributed by atoms with Crippen molar-refractivity contribution < 1.29 is 9.47 Å². The molecule has 126 valence electrons. The average Bonchev–Trinajstić information content (AvgIpc) is 3.10. The molecule has 4 nitrogen and oxygen atoms in total. The van der Waals surface area contributed by atoms with E-state index in [1.807, 2.05) is 12.1 Å². The van der Waals surface area contributed by atoms with Gasteiger partial charge in [-0.3, -0.25) is 9.88 Å². The monoisotopic (exact) mass is 324 g/mol. The van der Waals surface area contributed by atoms with Gasteiger partial charge in [-0.1, -0.05) is 12.1 Å². The molecular weight excluding hydrogens is 300 g/mol. The number of rotatable bonds is 4. The SMILES string of the molecule is C[C@@H](c1ccc2c(c1)OCC2)N1CCC(Oc2cccnc2)CC1. The minimum absolute atomic E-state index is 0.293. The highest BCUT2D eigenvalue weighted by atomic mass is 16.5. The second kappa shape index (κ2) is 6.81. The Labute approximate surface area is 143 Å². The Kier molecular flexibility index (Phi) is 4.39. The lowest BCUT2D eigenvalue weighted by Gasteiger charge is -2.36. The van der Waals surface area contributed by atoms with E-state index in [4.69, 9.17) is 9.47 Å². The molecule has 2 aromatic rings. The number of benzene rings is 1. The number of likely N-dealkylation sites (tertiary alicyclic amines) is 1. The van der Waals surface area contributed by atoms with E-state index < -0.39 is 0 Å². The van der Waals surface area contributed by atoms with Crippen LogP contribution < -0.4 is 9.47 Å². The standard InChI is InChI=1S/C20H24N2O2/c1-15(17-5-4-16-8-12-23-20(16)13-17)22-10-6-18(7-11-22)24-19-3-2-9-21-14-19/h2-5,9,13-15,18H,6-8,10-12H2,1H3/t15-/m0/s1. The summed E-state index contributed by atoms with van der Waals surface area (Å²) in [4.78, 5) is 6.66. The summed E-state index contributed by atoms with van der Waals surface area (Å²) in [5, 5.41) is 0. The van der Waals surface area contributed by atoms with Crippen LogP contribution in [-0.2, 0) is 6.42 Å². The Morgan fingerprint density at radius 1 is 1.25 bits per heavy atom. The smallest absolute Gasteiger partial charge is 0.137 e. The van der Waals surface area contributed by atoms with Crippen LogP contribution in [0.3, 0.4) is 0 Å². The lowest BCUT2D eigenvalue weighted by molar-refractivity contribution is 0.0794. The number of hydrogen-bond donors (Lipinski definition) is 0. The number of nitrogens with zero attached hydrogens (tertiary/aromatic N) is 2. The van der Waals surface area contributed by atoms with E-state index in [0.29, 0.717) is 12.1 Å². The van der Waals surface area contributed by atoms with Gasteiger partial charge in [-0.2, -0.15) is 0 Å². The van der Waals surface area contributed by atoms with E-state index in [2.05, 4.69) is 35.0 Å². The van der Waals surface area contributed by atoms with Crippen LogP contribution in [0.2, 0.25) is 0 Å². The lowest BCUT2D eigenvalue weighted by atomic mass is 10.00. The predicted molar refractivity (Wildman–Crippen MR) is 93.5 cm³/mol. The molecule has 0 spiro atoms. The summed E-state index contributed by atoms with van der Waals surface area (Å²) in [5.41, 5.74) is 2.69. The molecule has 0 saturated carbocycles.